The zero-order valence-corrected chi connectivity index (χ0v) is 8.99. The lowest BCUT2D eigenvalue weighted by molar-refractivity contribution is -0.388. The summed E-state index contributed by atoms with van der Waals surface area (Å²) in [6, 6.07) is 0. The molecule has 0 unspecified atom stereocenters. The van der Waals surface area contributed by atoms with Crippen LogP contribution in [-0.2, 0) is 0 Å². The van der Waals surface area contributed by atoms with Crippen LogP contribution in [0.2, 0.25) is 0 Å². The Bertz CT molecular complexity index is 393. The highest BCUT2D eigenvalue weighted by Gasteiger charge is 2.27. The van der Waals surface area contributed by atoms with Crippen molar-refractivity contribution in [1.82, 2.24) is 4.98 Å². The Morgan fingerprint density at radius 2 is 2.33 bits per heavy atom. The first-order chi connectivity index (χ1) is 7.22. The van der Waals surface area contributed by atoms with E-state index in [2.05, 4.69) is 4.98 Å². The van der Waals surface area contributed by atoms with Gasteiger partial charge in [0.05, 0.1) is 17.2 Å². The minimum Gasteiger partial charge on any atom is -0.487 e. The highest BCUT2D eigenvalue weighted by Crippen LogP contribution is 2.38. The molecule has 0 radical (unpaired) electrons. The average molecular weight is 226 g/mol. The van der Waals surface area contributed by atoms with Crippen LogP contribution < -0.4 is 4.74 Å². The number of nitrogens with zero attached hydrogens (tertiary/aromatic N) is 2. The largest absolute Gasteiger partial charge is 0.487 e. The van der Waals surface area contributed by atoms with Gasteiger partial charge in [-0.25, -0.2) is 0 Å². The van der Waals surface area contributed by atoms with Gasteiger partial charge >= 0.3 is 5.69 Å². The minimum atomic E-state index is -0.432. The third kappa shape index (κ3) is 2.20. The number of rotatable bonds is 4. The number of hydrogen-bond donors (Lipinski definition) is 0. The molecule has 1 aromatic rings. The van der Waals surface area contributed by atoms with E-state index in [9.17, 15) is 10.1 Å². The second-order valence-electron chi connectivity index (χ2n) is 3.26. The second-order valence-corrected chi connectivity index (χ2v) is 4.08. The van der Waals surface area contributed by atoms with Gasteiger partial charge in [-0.3, -0.25) is 15.1 Å². The molecule has 0 saturated heterocycles. The molecule has 0 bridgehead atoms. The molecule has 1 fully saturated rings. The molecule has 5 nitrogen and oxygen atoms in total. The monoisotopic (exact) mass is 226 g/mol. The Hall–Kier alpha value is -1.30. The fourth-order valence-electron chi connectivity index (χ4n) is 1.20. The number of thioether (sulfide) groups is 1. The Labute approximate surface area is 91.0 Å². The van der Waals surface area contributed by atoms with Crippen molar-refractivity contribution in [2.75, 3.05) is 6.26 Å². The van der Waals surface area contributed by atoms with E-state index in [1.54, 1.807) is 6.26 Å². The maximum absolute atomic E-state index is 10.7. The van der Waals surface area contributed by atoms with Crippen molar-refractivity contribution >= 4 is 17.4 Å². The van der Waals surface area contributed by atoms with Crippen molar-refractivity contribution in [3.63, 3.8) is 0 Å². The smallest absolute Gasteiger partial charge is 0.304 e. The first-order valence-electron chi connectivity index (χ1n) is 4.55. The lowest BCUT2D eigenvalue weighted by atomic mass is 10.4. The van der Waals surface area contributed by atoms with Crippen molar-refractivity contribution in [1.29, 1.82) is 0 Å². The topological polar surface area (TPSA) is 65.3 Å². The van der Waals surface area contributed by atoms with Gasteiger partial charge in [-0.05, 0) is 19.1 Å². The van der Waals surface area contributed by atoms with Crippen LogP contribution in [0.15, 0.2) is 17.3 Å². The van der Waals surface area contributed by atoms with Gasteiger partial charge in [-0.1, -0.05) is 0 Å². The van der Waals surface area contributed by atoms with Crippen LogP contribution in [0.3, 0.4) is 0 Å². The summed E-state index contributed by atoms with van der Waals surface area (Å²) in [7, 11) is 0. The molecule has 1 heterocycles. The number of nitro groups is 1. The van der Waals surface area contributed by atoms with Crippen LogP contribution in [-0.4, -0.2) is 22.3 Å². The molecule has 2 rings (SSSR count). The van der Waals surface area contributed by atoms with Crippen LogP contribution in [0, 0.1) is 10.1 Å². The molecule has 0 amide bonds. The van der Waals surface area contributed by atoms with Crippen molar-refractivity contribution in [3.05, 3.63) is 22.5 Å². The van der Waals surface area contributed by atoms with Gasteiger partial charge in [0.2, 0.25) is 0 Å². The summed E-state index contributed by atoms with van der Waals surface area (Å²) in [5.41, 5.74) is 0.0145. The van der Waals surface area contributed by atoms with E-state index in [0.29, 0.717) is 10.6 Å². The number of ether oxygens (including phenoxy) is 1. The zero-order valence-electron chi connectivity index (χ0n) is 8.17. The predicted octanol–water partition coefficient (Wildman–Crippen LogP) is 2.25. The molecule has 0 aromatic carbocycles. The second kappa shape index (κ2) is 4.06. The Morgan fingerprint density at radius 3 is 2.87 bits per heavy atom. The number of hydrogen-bond acceptors (Lipinski definition) is 5. The van der Waals surface area contributed by atoms with Crippen molar-refractivity contribution in [2.24, 2.45) is 0 Å². The maximum Gasteiger partial charge on any atom is 0.304 e. The van der Waals surface area contributed by atoms with E-state index in [1.807, 2.05) is 0 Å². The molecular weight excluding hydrogens is 216 g/mol. The minimum absolute atomic E-state index is 0.0145. The molecule has 0 spiro atoms. The first kappa shape index (κ1) is 10.2. The van der Waals surface area contributed by atoms with E-state index < -0.39 is 4.92 Å². The Balaban J connectivity index is 2.34. The van der Waals surface area contributed by atoms with E-state index in [4.69, 9.17) is 4.74 Å². The Kier molecular flexibility index (Phi) is 2.77. The fourth-order valence-corrected chi connectivity index (χ4v) is 1.84. The summed E-state index contributed by atoms with van der Waals surface area (Å²) in [4.78, 5) is 14.7. The van der Waals surface area contributed by atoms with Gasteiger partial charge in [0.25, 0.3) is 0 Å². The standard InChI is InChI=1S/C9H10N2O3S/c1-15-9-7(11(12)13)4-10-5-8(9)14-6-2-3-6/h4-6H,2-3H2,1H3. The van der Waals surface area contributed by atoms with E-state index in [0.717, 1.165) is 12.8 Å². The van der Waals surface area contributed by atoms with Gasteiger partial charge in [0.15, 0.2) is 5.75 Å². The maximum atomic E-state index is 10.7. The van der Waals surface area contributed by atoms with Crippen LogP contribution >= 0.6 is 11.8 Å². The predicted molar refractivity (Wildman–Crippen MR) is 56.3 cm³/mol. The van der Waals surface area contributed by atoms with Crippen LogP contribution in [0.1, 0.15) is 12.8 Å². The third-order valence-electron chi connectivity index (χ3n) is 2.06. The van der Waals surface area contributed by atoms with Crippen LogP contribution in [0.25, 0.3) is 0 Å². The van der Waals surface area contributed by atoms with Gasteiger partial charge in [-0.15, -0.1) is 11.8 Å². The molecule has 1 aromatic heterocycles. The summed E-state index contributed by atoms with van der Waals surface area (Å²) in [5.74, 6) is 0.527. The highest BCUT2D eigenvalue weighted by molar-refractivity contribution is 7.98. The lowest BCUT2D eigenvalue weighted by Gasteiger charge is -2.07. The molecule has 15 heavy (non-hydrogen) atoms. The van der Waals surface area contributed by atoms with Gasteiger partial charge in [0.1, 0.15) is 11.1 Å². The van der Waals surface area contributed by atoms with E-state index >= 15 is 0 Å². The molecule has 1 aliphatic carbocycles. The van der Waals surface area contributed by atoms with Crippen LogP contribution in [0.4, 0.5) is 5.69 Å². The molecule has 0 aliphatic heterocycles. The quantitative estimate of drug-likeness (QED) is 0.447. The fraction of sp³-hybridized carbons (Fsp3) is 0.444. The SMILES string of the molecule is CSc1c(OC2CC2)cncc1[N+](=O)[O-]. The Morgan fingerprint density at radius 1 is 1.60 bits per heavy atom. The van der Waals surface area contributed by atoms with Crippen molar-refractivity contribution in [2.45, 2.75) is 23.8 Å². The summed E-state index contributed by atoms with van der Waals surface area (Å²) in [5, 5.41) is 10.7. The van der Waals surface area contributed by atoms with Gasteiger partial charge < -0.3 is 4.74 Å². The van der Waals surface area contributed by atoms with Crippen LogP contribution in [0.5, 0.6) is 5.75 Å². The number of pyridine rings is 1. The molecule has 80 valence electrons. The molecule has 6 heteroatoms. The molecule has 1 aliphatic rings. The lowest BCUT2D eigenvalue weighted by Crippen LogP contribution is -2.00. The van der Waals surface area contributed by atoms with Crippen molar-refractivity contribution < 1.29 is 9.66 Å². The average Bonchev–Trinajstić information content (AvgIpc) is 3.01. The molecule has 0 atom stereocenters. The summed E-state index contributed by atoms with van der Waals surface area (Å²) in [6.07, 6.45) is 6.86. The van der Waals surface area contributed by atoms with E-state index in [-0.39, 0.29) is 11.8 Å². The summed E-state index contributed by atoms with van der Waals surface area (Å²) < 4.78 is 5.55. The third-order valence-corrected chi connectivity index (χ3v) is 2.88. The summed E-state index contributed by atoms with van der Waals surface area (Å²) in [6.45, 7) is 0. The van der Waals surface area contributed by atoms with Crippen molar-refractivity contribution in [3.8, 4) is 5.75 Å². The van der Waals surface area contributed by atoms with Gasteiger partial charge in [-0.2, -0.15) is 0 Å². The summed E-state index contributed by atoms with van der Waals surface area (Å²) >= 11 is 1.31. The normalized spacial score (nSPS) is 15.0. The molecular formula is C9H10N2O3S. The van der Waals surface area contributed by atoms with E-state index in [1.165, 1.54) is 24.2 Å². The number of aromatic nitrogens is 1. The zero-order chi connectivity index (χ0) is 10.8. The van der Waals surface area contributed by atoms with Gasteiger partial charge in [0, 0.05) is 0 Å². The molecule has 1 saturated carbocycles. The highest BCUT2D eigenvalue weighted by atomic mass is 32.2. The first-order valence-corrected chi connectivity index (χ1v) is 5.78. The molecule has 0 N–H and O–H groups in total.